The summed E-state index contributed by atoms with van der Waals surface area (Å²) in [6.07, 6.45) is 6.65. The fourth-order valence-corrected chi connectivity index (χ4v) is 4.37. The first-order chi connectivity index (χ1) is 13.0. The molecule has 1 saturated heterocycles. The quantitative estimate of drug-likeness (QED) is 0.694. The number of imidazole rings is 1. The molecule has 27 heavy (non-hydrogen) atoms. The summed E-state index contributed by atoms with van der Waals surface area (Å²) in [4.78, 5) is 33.7. The summed E-state index contributed by atoms with van der Waals surface area (Å²) in [5, 5.41) is 0. The molecule has 3 aromatic rings. The normalized spacial score (nSPS) is 17.3. The van der Waals surface area contributed by atoms with E-state index in [0.717, 1.165) is 53.6 Å². The van der Waals surface area contributed by atoms with Gasteiger partial charge in [-0.3, -0.25) is 4.79 Å². The van der Waals surface area contributed by atoms with E-state index in [-0.39, 0.29) is 11.9 Å². The Labute approximate surface area is 162 Å². The summed E-state index contributed by atoms with van der Waals surface area (Å²) in [7, 11) is 1.95. The Bertz CT molecular complexity index is 978. The van der Waals surface area contributed by atoms with Gasteiger partial charge < -0.3 is 9.47 Å². The van der Waals surface area contributed by atoms with Crippen LogP contribution in [0.2, 0.25) is 0 Å². The second-order valence-corrected chi connectivity index (χ2v) is 7.72. The van der Waals surface area contributed by atoms with Crippen LogP contribution in [0.1, 0.15) is 52.2 Å². The average Bonchev–Trinajstić information content (AvgIpc) is 3.28. The van der Waals surface area contributed by atoms with Crippen molar-refractivity contribution in [1.82, 2.24) is 29.4 Å². The standard InChI is InChI=1S/C19H22N6OS/c1-12-17(27-11-21-12)19(26)25-8-5-4-6-16(25)14-10-15(23-13(2)22-14)18-20-7-9-24(18)3/h7,9-11,16H,4-6,8H2,1-3H3/t16-/m0/s1. The second kappa shape index (κ2) is 7.19. The number of carbonyl (C=O) groups excluding carboxylic acids is 1. The molecule has 0 spiro atoms. The number of hydrogen-bond donors (Lipinski definition) is 0. The highest BCUT2D eigenvalue weighted by Crippen LogP contribution is 2.33. The van der Waals surface area contributed by atoms with Gasteiger partial charge in [0.2, 0.25) is 0 Å². The Kier molecular flexibility index (Phi) is 4.73. The first kappa shape index (κ1) is 17.8. The molecular formula is C19H22N6OS. The molecule has 140 valence electrons. The fraction of sp³-hybridized carbons (Fsp3) is 0.421. The lowest BCUT2D eigenvalue weighted by molar-refractivity contribution is 0.0609. The number of likely N-dealkylation sites (tertiary alicyclic amines) is 1. The number of carbonyl (C=O) groups is 1. The van der Waals surface area contributed by atoms with Crippen LogP contribution in [0.25, 0.3) is 11.5 Å². The van der Waals surface area contributed by atoms with Crippen LogP contribution in [-0.4, -0.2) is 41.9 Å². The first-order valence-electron chi connectivity index (χ1n) is 9.09. The summed E-state index contributed by atoms with van der Waals surface area (Å²) in [5.41, 5.74) is 4.20. The Morgan fingerprint density at radius 2 is 2.07 bits per heavy atom. The van der Waals surface area contributed by atoms with Gasteiger partial charge in [-0.2, -0.15) is 0 Å². The van der Waals surface area contributed by atoms with Crippen LogP contribution in [0.15, 0.2) is 24.0 Å². The summed E-state index contributed by atoms with van der Waals surface area (Å²) in [6, 6.07) is 1.93. The van der Waals surface area contributed by atoms with Gasteiger partial charge in [0.05, 0.1) is 22.9 Å². The predicted octanol–water partition coefficient (Wildman–Crippen LogP) is 3.32. The van der Waals surface area contributed by atoms with Crippen molar-refractivity contribution in [3.8, 4) is 11.5 Å². The SMILES string of the molecule is Cc1nc(-c2nccn2C)cc([C@@H]2CCCCN2C(=O)c2scnc2C)n1. The summed E-state index contributed by atoms with van der Waals surface area (Å²) < 4.78 is 1.94. The molecular weight excluding hydrogens is 360 g/mol. The third kappa shape index (κ3) is 3.37. The molecule has 4 rings (SSSR count). The number of rotatable bonds is 3. The number of piperidine rings is 1. The molecule has 1 fully saturated rings. The maximum absolute atomic E-state index is 13.2. The van der Waals surface area contributed by atoms with E-state index in [0.29, 0.717) is 5.82 Å². The molecule has 0 aliphatic carbocycles. The average molecular weight is 382 g/mol. The van der Waals surface area contributed by atoms with Crippen LogP contribution < -0.4 is 0 Å². The first-order valence-corrected chi connectivity index (χ1v) is 9.97. The van der Waals surface area contributed by atoms with Crippen molar-refractivity contribution in [1.29, 1.82) is 0 Å². The Morgan fingerprint density at radius 1 is 1.22 bits per heavy atom. The highest BCUT2D eigenvalue weighted by Gasteiger charge is 2.31. The molecule has 8 heteroatoms. The van der Waals surface area contributed by atoms with Crippen molar-refractivity contribution in [2.75, 3.05) is 6.54 Å². The number of nitrogens with zero attached hydrogens (tertiary/aromatic N) is 6. The van der Waals surface area contributed by atoms with E-state index in [1.807, 2.05) is 42.6 Å². The van der Waals surface area contributed by atoms with E-state index in [2.05, 4.69) is 19.9 Å². The molecule has 0 aromatic carbocycles. The molecule has 0 N–H and O–H groups in total. The number of hydrogen-bond acceptors (Lipinski definition) is 6. The summed E-state index contributed by atoms with van der Waals surface area (Å²) in [6.45, 7) is 4.51. The molecule has 1 aliphatic heterocycles. The Hall–Kier alpha value is -2.61. The number of amides is 1. The van der Waals surface area contributed by atoms with Crippen LogP contribution in [0, 0.1) is 13.8 Å². The third-order valence-electron chi connectivity index (χ3n) is 4.95. The number of thiazole rings is 1. The van der Waals surface area contributed by atoms with Crippen LogP contribution in [-0.2, 0) is 7.05 Å². The fourth-order valence-electron chi connectivity index (χ4n) is 3.61. The van der Waals surface area contributed by atoms with Crippen LogP contribution in [0.5, 0.6) is 0 Å². The molecule has 3 aromatic heterocycles. The van der Waals surface area contributed by atoms with E-state index in [9.17, 15) is 4.79 Å². The Morgan fingerprint density at radius 3 is 2.78 bits per heavy atom. The highest BCUT2D eigenvalue weighted by molar-refractivity contribution is 7.11. The summed E-state index contributed by atoms with van der Waals surface area (Å²) >= 11 is 1.41. The van der Waals surface area contributed by atoms with Gasteiger partial charge in [0.15, 0.2) is 5.82 Å². The van der Waals surface area contributed by atoms with Crippen LogP contribution >= 0.6 is 11.3 Å². The minimum atomic E-state index is -0.0477. The van der Waals surface area contributed by atoms with Gasteiger partial charge in [-0.1, -0.05) is 0 Å². The van der Waals surface area contributed by atoms with Crippen molar-refractivity contribution in [2.45, 2.75) is 39.2 Å². The number of aryl methyl sites for hydroxylation is 3. The van der Waals surface area contributed by atoms with E-state index < -0.39 is 0 Å². The third-order valence-corrected chi connectivity index (χ3v) is 5.87. The molecule has 0 bridgehead atoms. The van der Waals surface area contributed by atoms with Gasteiger partial charge >= 0.3 is 0 Å². The smallest absolute Gasteiger partial charge is 0.266 e. The summed E-state index contributed by atoms with van der Waals surface area (Å²) in [5.74, 6) is 1.54. The van der Waals surface area contributed by atoms with Crippen LogP contribution in [0.4, 0.5) is 0 Å². The van der Waals surface area contributed by atoms with Crippen LogP contribution in [0.3, 0.4) is 0 Å². The van der Waals surface area contributed by atoms with Crippen molar-refractivity contribution < 1.29 is 4.79 Å². The zero-order valence-corrected chi connectivity index (χ0v) is 16.5. The minimum absolute atomic E-state index is 0.0477. The molecule has 7 nitrogen and oxygen atoms in total. The lowest BCUT2D eigenvalue weighted by Gasteiger charge is -2.35. The Balaban J connectivity index is 1.72. The topological polar surface area (TPSA) is 76.8 Å². The van der Waals surface area contributed by atoms with E-state index in [1.165, 1.54) is 11.3 Å². The highest BCUT2D eigenvalue weighted by atomic mass is 32.1. The van der Waals surface area contributed by atoms with Crippen molar-refractivity contribution in [3.63, 3.8) is 0 Å². The molecule has 0 saturated carbocycles. The molecule has 4 heterocycles. The zero-order chi connectivity index (χ0) is 19.0. The van der Waals surface area contributed by atoms with Crippen molar-refractivity contribution in [3.05, 3.63) is 46.1 Å². The largest absolute Gasteiger partial charge is 0.333 e. The van der Waals surface area contributed by atoms with Gasteiger partial charge in [0.1, 0.15) is 16.4 Å². The van der Waals surface area contributed by atoms with Gasteiger partial charge in [-0.15, -0.1) is 11.3 Å². The monoisotopic (exact) mass is 382 g/mol. The predicted molar refractivity (Wildman–Crippen MR) is 103 cm³/mol. The van der Waals surface area contributed by atoms with Crippen molar-refractivity contribution in [2.24, 2.45) is 7.05 Å². The van der Waals surface area contributed by atoms with E-state index in [1.54, 1.807) is 11.7 Å². The van der Waals surface area contributed by atoms with E-state index >= 15 is 0 Å². The number of aromatic nitrogens is 5. The lowest BCUT2D eigenvalue weighted by atomic mass is 9.98. The lowest BCUT2D eigenvalue weighted by Crippen LogP contribution is -2.39. The molecule has 0 radical (unpaired) electrons. The van der Waals surface area contributed by atoms with Gasteiger partial charge in [0, 0.05) is 26.0 Å². The van der Waals surface area contributed by atoms with Gasteiger partial charge in [-0.05, 0) is 39.2 Å². The second-order valence-electron chi connectivity index (χ2n) is 6.86. The molecule has 1 atom stereocenters. The van der Waals surface area contributed by atoms with Crippen molar-refractivity contribution >= 4 is 17.2 Å². The molecule has 0 unspecified atom stereocenters. The van der Waals surface area contributed by atoms with E-state index in [4.69, 9.17) is 0 Å². The van der Waals surface area contributed by atoms with Gasteiger partial charge in [0.25, 0.3) is 5.91 Å². The minimum Gasteiger partial charge on any atom is -0.333 e. The zero-order valence-electron chi connectivity index (χ0n) is 15.7. The maximum Gasteiger partial charge on any atom is 0.266 e. The maximum atomic E-state index is 13.2. The molecule has 1 amide bonds. The molecule has 1 aliphatic rings. The van der Waals surface area contributed by atoms with Gasteiger partial charge in [-0.25, -0.2) is 19.9 Å².